The molecule has 0 aliphatic carbocycles. The minimum atomic E-state index is 0.492. The summed E-state index contributed by atoms with van der Waals surface area (Å²) in [5.41, 5.74) is 4.18. The summed E-state index contributed by atoms with van der Waals surface area (Å²) in [7, 11) is 0. The van der Waals surface area contributed by atoms with Crippen molar-refractivity contribution in [1.82, 2.24) is 9.80 Å². The van der Waals surface area contributed by atoms with Gasteiger partial charge in [-0.15, -0.1) is 0 Å². The zero-order valence-electron chi connectivity index (χ0n) is 15.4. The maximum absolute atomic E-state index is 4.38. The highest BCUT2D eigenvalue weighted by atomic mass is 15.2. The van der Waals surface area contributed by atoms with E-state index in [1.807, 2.05) is 0 Å². The van der Waals surface area contributed by atoms with Crippen molar-refractivity contribution in [2.24, 2.45) is 0 Å². The number of hydrogen-bond donors (Lipinski definition) is 0. The van der Waals surface area contributed by atoms with Crippen LogP contribution in [0.4, 0.5) is 0 Å². The molecule has 0 N–H and O–H groups in total. The Morgan fingerprint density at radius 3 is 2.08 bits per heavy atom. The lowest BCUT2D eigenvalue weighted by Crippen LogP contribution is -2.37. The van der Waals surface area contributed by atoms with Gasteiger partial charge in [-0.2, -0.15) is 0 Å². The first-order valence-electron chi connectivity index (χ1n) is 9.48. The standard InChI is InChI=1S/C23H30N2/c1-3-20(2)23-14-15-24(18-21-10-6-4-7-11-21)16-17-25(23)19-22-12-8-5-9-13-22/h4-13,23H,2-3,14-19H2,1H3. The van der Waals surface area contributed by atoms with E-state index in [4.69, 9.17) is 0 Å². The molecule has 1 atom stereocenters. The van der Waals surface area contributed by atoms with Crippen molar-refractivity contribution in [1.29, 1.82) is 0 Å². The summed E-state index contributed by atoms with van der Waals surface area (Å²) < 4.78 is 0. The second kappa shape index (κ2) is 8.98. The molecular formula is C23H30N2. The van der Waals surface area contributed by atoms with Crippen LogP contribution in [0.25, 0.3) is 0 Å². The van der Waals surface area contributed by atoms with Gasteiger partial charge in [0, 0.05) is 38.8 Å². The van der Waals surface area contributed by atoms with Gasteiger partial charge in [-0.3, -0.25) is 9.80 Å². The van der Waals surface area contributed by atoms with E-state index >= 15 is 0 Å². The molecular weight excluding hydrogens is 304 g/mol. The van der Waals surface area contributed by atoms with E-state index in [-0.39, 0.29) is 0 Å². The second-order valence-electron chi connectivity index (χ2n) is 7.03. The highest BCUT2D eigenvalue weighted by molar-refractivity contribution is 5.17. The van der Waals surface area contributed by atoms with Crippen molar-refractivity contribution in [2.45, 2.75) is 38.9 Å². The molecule has 0 bridgehead atoms. The van der Waals surface area contributed by atoms with E-state index < -0.39 is 0 Å². The molecule has 1 saturated heterocycles. The van der Waals surface area contributed by atoms with Gasteiger partial charge < -0.3 is 0 Å². The van der Waals surface area contributed by atoms with Crippen LogP contribution in [0.1, 0.15) is 30.9 Å². The molecule has 0 aromatic heterocycles. The molecule has 25 heavy (non-hydrogen) atoms. The third-order valence-corrected chi connectivity index (χ3v) is 5.27. The van der Waals surface area contributed by atoms with Gasteiger partial charge in [-0.25, -0.2) is 0 Å². The van der Waals surface area contributed by atoms with Crippen LogP contribution in [0.3, 0.4) is 0 Å². The zero-order chi connectivity index (χ0) is 17.5. The minimum absolute atomic E-state index is 0.492. The van der Waals surface area contributed by atoms with Crippen molar-refractivity contribution in [2.75, 3.05) is 19.6 Å². The molecule has 2 aromatic rings. The van der Waals surface area contributed by atoms with Gasteiger partial charge in [0.2, 0.25) is 0 Å². The first-order valence-corrected chi connectivity index (χ1v) is 9.48. The highest BCUT2D eigenvalue weighted by Crippen LogP contribution is 2.22. The van der Waals surface area contributed by atoms with Crippen LogP contribution in [0, 0.1) is 0 Å². The Morgan fingerprint density at radius 2 is 1.48 bits per heavy atom. The van der Waals surface area contributed by atoms with Gasteiger partial charge in [0.1, 0.15) is 0 Å². The zero-order valence-corrected chi connectivity index (χ0v) is 15.4. The summed E-state index contributed by atoms with van der Waals surface area (Å²) in [6.45, 7) is 12.0. The Morgan fingerprint density at radius 1 is 0.880 bits per heavy atom. The van der Waals surface area contributed by atoms with Crippen LogP contribution in [-0.4, -0.2) is 35.5 Å². The topological polar surface area (TPSA) is 6.48 Å². The molecule has 1 unspecified atom stereocenters. The summed E-state index contributed by atoms with van der Waals surface area (Å²) >= 11 is 0. The fourth-order valence-electron chi connectivity index (χ4n) is 3.73. The van der Waals surface area contributed by atoms with E-state index in [2.05, 4.69) is 84.0 Å². The Balaban J connectivity index is 1.69. The summed E-state index contributed by atoms with van der Waals surface area (Å²) in [4.78, 5) is 5.22. The van der Waals surface area contributed by atoms with Crippen molar-refractivity contribution >= 4 is 0 Å². The third kappa shape index (κ3) is 5.04. The van der Waals surface area contributed by atoms with E-state index in [0.29, 0.717) is 6.04 Å². The molecule has 2 nitrogen and oxygen atoms in total. The highest BCUT2D eigenvalue weighted by Gasteiger charge is 2.25. The van der Waals surface area contributed by atoms with Gasteiger partial charge in [-0.05, 0) is 24.0 Å². The monoisotopic (exact) mass is 334 g/mol. The van der Waals surface area contributed by atoms with Crippen LogP contribution in [0.2, 0.25) is 0 Å². The maximum Gasteiger partial charge on any atom is 0.0321 e. The normalized spacial score (nSPS) is 19.5. The quantitative estimate of drug-likeness (QED) is 0.705. The molecule has 0 spiro atoms. The van der Waals surface area contributed by atoms with Gasteiger partial charge in [0.05, 0.1) is 0 Å². The van der Waals surface area contributed by atoms with Gasteiger partial charge >= 0.3 is 0 Å². The molecule has 2 aromatic carbocycles. The summed E-state index contributed by atoms with van der Waals surface area (Å²) in [5.74, 6) is 0. The third-order valence-electron chi connectivity index (χ3n) is 5.27. The van der Waals surface area contributed by atoms with Crippen molar-refractivity contribution < 1.29 is 0 Å². The predicted molar refractivity (Wildman–Crippen MR) is 106 cm³/mol. The van der Waals surface area contributed by atoms with Crippen LogP contribution in [0.15, 0.2) is 72.8 Å². The molecule has 2 heteroatoms. The predicted octanol–water partition coefficient (Wildman–Crippen LogP) is 4.73. The number of benzene rings is 2. The Bertz CT molecular complexity index is 650. The maximum atomic E-state index is 4.38. The first-order chi connectivity index (χ1) is 12.3. The van der Waals surface area contributed by atoms with Crippen LogP contribution in [-0.2, 0) is 13.1 Å². The largest absolute Gasteiger partial charge is 0.298 e. The molecule has 1 heterocycles. The summed E-state index contributed by atoms with van der Waals surface area (Å²) in [5, 5.41) is 0. The smallest absolute Gasteiger partial charge is 0.0321 e. The lowest BCUT2D eigenvalue weighted by molar-refractivity contribution is 0.213. The second-order valence-corrected chi connectivity index (χ2v) is 7.03. The lowest BCUT2D eigenvalue weighted by Gasteiger charge is -2.31. The number of hydrogen-bond acceptors (Lipinski definition) is 2. The Hall–Kier alpha value is -1.90. The van der Waals surface area contributed by atoms with Crippen molar-refractivity contribution in [3.05, 3.63) is 83.9 Å². The molecule has 0 saturated carbocycles. The van der Waals surface area contributed by atoms with Crippen molar-refractivity contribution in [3.63, 3.8) is 0 Å². The molecule has 1 fully saturated rings. The Kier molecular flexibility index (Phi) is 6.43. The molecule has 132 valence electrons. The molecule has 0 amide bonds. The summed E-state index contributed by atoms with van der Waals surface area (Å²) in [6.07, 6.45) is 2.24. The SMILES string of the molecule is C=C(CC)C1CCN(Cc2ccccc2)CCN1Cc1ccccc1. The number of rotatable bonds is 6. The molecule has 1 aliphatic heterocycles. The van der Waals surface area contributed by atoms with Crippen LogP contribution in [0.5, 0.6) is 0 Å². The first kappa shape index (κ1) is 17.9. The molecule has 3 rings (SSSR count). The lowest BCUT2D eigenvalue weighted by atomic mass is 10.0. The fraction of sp³-hybridized carbons (Fsp3) is 0.391. The fourth-order valence-corrected chi connectivity index (χ4v) is 3.73. The van der Waals surface area contributed by atoms with Gasteiger partial charge in [0.15, 0.2) is 0 Å². The van der Waals surface area contributed by atoms with E-state index in [1.54, 1.807) is 0 Å². The van der Waals surface area contributed by atoms with Gasteiger partial charge in [-0.1, -0.05) is 79.7 Å². The van der Waals surface area contributed by atoms with Crippen molar-refractivity contribution in [3.8, 4) is 0 Å². The van der Waals surface area contributed by atoms with E-state index in [1.165, 1.54) is 23.1 Å². The molecule has 0 radical (unpaired) electrons. The Labute approximate surface area is 152 Å². The van der Waals surface area contributed by atoms with E-state index in [9.17, 15) is 0 Å². The molecule has 1 aliphatic rings. The average molecular weight is 335 g/mol. The van der Waals surface area contributed by atoms with Gasteiger partial charge in [0.25, 0.3) is 0 Å². The number of nitrogens with zero attached hydrogens (tertiary/aromatic N) is 2. The van der Waals surface area contributed by atoms with Crippen LogP contribution < -0.4 is 0 Å². The van der Waals surface area contributed by atoms with Crippen LogP contribution >= 0.6 is 0 Å². The minimum Gasteiger partial charge on any atom is -0.298 e. The summed E-state index contributed by atoms with van der Waals surface area (Å²) in [6, 6.07) is 22.2. The average Bonchev–Trinajstić information content (AvgIpc) is 2.85. The van der Waals surface area contributed by atoms with E-state index in [0.717, 1.165) is 39.1 Å².